The summed E-state index contributed by atoms with van der Waals surface area (Å²) in [5.74, 6) is 0. The molecule has 0 spiro atoms. The van der Waals surface area contributed by atoms with Crippen LogP contribution in [0.15, 0.2) is 28.4 Å². The lowest BCUT2D eigenvalue weighted by Crippen LogP contribution is -2.33. The Labute approximate surface area is 207 Å². The van der Waals surface area contributed by atoms with Crippen LogP contribution in [0.3, 0.4) is 0 Å². The average Bonchev–Trinajstić information content (AvgIpc) is 3.38. The predicted octanol–water partition coefficient (Wildman–Crippen LogP) is 8.45. The van der Waals surface area contributed by atoms with E-state index in [4.69, 9.17) is 9.98 Å². The number of pyridine rings is 1. The molecule has 1 atom stereocenters. The zero-order chi connectivity index (χ0) is 24.6. The molecule has 0 radical (unpaired) electrons. The molecule has 33 heavy (non-hydrogen) atoms. The molecule has 0 fully saturated rings. The molecule has 0 saturated heterocycles. The van der Waals surface area contributed by atoms with Crippen LogP contribution in [0.4, 0.5) is 5.69 Å². The van der Waals surface area contributed by atoms with Gasteiger partial charge in [0.15, 0.2) is 5.69 Å². The molecule has 3 rings (SSSR count). The number of hydrogen-bond acceptors (Lipinski definition) is 3. The third kappa shape index (κ3) is 4.89. The molecule has 1 heterocycles. The average molecular weight is 469 g/mol. The first-order valence-corrected chi connectivity index (χ1v) is 13.7. The van der Waals surface area contributed by atoms with Crippen molar-refractivity contribution in [1.82, 2.24) is 8.87 Å². The molecule has 4 heteroatoms. The van der Waals surface area contributed by atoms with Crippen LogP contribution in [0.5, 0.6) is 0 Å². The fourth-order valence-corrected chi connectivity index (χ4v) is 6.43. The van der Waals surface area contributed by atoms with Gasteiger partial charge < -0.3 is 0 Å². The van der Waals surface area contributed by atoms with Crippen LogP contribution < -0.4 is 3.89 Å². The normalized spacial score (nSPS) is 20.2. The number of rotatable bonds is 9. The molecule has 3 nitrogen and oxygen atoms in total. The van der Waals surface area contributed by atoms with Crippen LogP contribution in [-0.2, 0) is 24.7 Å². The number of fused-ring (bicyclic) bond motifs is 2. The van der Waals surface area contributed by atoms with Crippen LogP contribution in [0.1, 0.15) is 110 Å². The summed E-state index contributed by atoms with van der Waals surface area (Å²) < 4.78 is 0.668. The number of nitrogens with zero attached hydrogens (tertiary/aromatic N) is 3. The number of aromatic nitrogens is 1. The van der Waals surface area contributed by atoms with E-state index in [0.29, 0.717) is 3.89 Å². The molecular weight excluding hydrogens is 422 g/mol. The molecule has 0 bridgehead atoms. The van der Waals surface area contributed by atoms with E-state index in [0.717, 1.165) is 38.5 Å². The smallest absolute Gasteiger partial charge is 0.159 e. The highest BCUT2D eigenvalue weighted by atomic mass is 32.2. The number of allylic oxidation sites excluding steroid dienone is 2. The number of quaternary nitrogens is 1. The summed E-state index contributed by atoms with van der Waals surface area (Å²) in [4.78, 5) is 11.8. The van der Waals surface area contributed by atoms with Gasteiger partial charge in [0.25, 0.3) is 0 Å². The minimum atomic E-state index is 0.124. The van der Waals surface area contributed by atoms with Gasteiger partial charge in [-0.1, -0.05) is 48.5 Å². The number of hydrogen-bond donors (Lipinski definition) is 0. The molecule has 1 aromatic rings. The second kappa shape index (κ2) is 9.70. The molecule has 182 valence electrons. The van der Waals surface area contributed by atoms with Gasteiger partial charge in [-0.15, -0.1) is 0 Å². The van der Waals surface area contributed by atoms with Crippen molar-refractivity contribution in [3.8, 4) is 0 Å². The Morgan fingerprint density at radius 3 is 2.42 bits per heavy atom. The quantitative estimate of drug-likeness (QED) is 0.206. The fourth-order valence-electron chi connectivity index (χ4n) is 5.16. The van der Waals surface area contributed by atoms with Crippen LogP contribution >= 0.6 is 11.9 Å². The summed E-state index contributed by atoms with van der Waals surface area (Å²) in [6.07, 6.45) is 10.9. The van der Waals surface area contributed by atoms with E-state index < -0.39 is 0 Å². The highest BCUT2D eigenvalue weighted by Gasteiger charge is 2.43. The molecule has 0 aromatic carbocycles. The van der Waals surface area contributed by atoms with Gasteiger partial charge in [-0.2, -0.15) is 0 Å². The van der Waals surface area contributed by atoms with E-state index in [2.05, 4.69) is 75.2 Å². The molecule has 0 saturated carbocycles. The van der Waals surface area contributed by atoms with E-state index in [1.807, 2.05) is 11.9 Å². The zero-order valence-electron chi connectivity index (χ0n) is 22.7. The molecule has 0 aliphatic heterocycles. The second-order valence-electron chi connectivity index (χ2n) is 11.2. The lowest BCUT2D eigenvalue weighted by molar-refractivity contribution is 0.500. The highest BCUT2D eigenvalue weighted by molar-refractivity contribution is 8.02. The zero-order valence-corrected chi connectivity index (χ0v) is 23.5. The third-order valence-electron chi connectivity index (χ3n) is 8.17. The SMILES string of the molecule is C=C[N+](C)(S/C(CC)=C(\CC)N=C(C)C(C)(C)CC)c1c2c(nc3c1CCC3(C)C)CCC2. The maximum atomic E-state index is 5.23. The van der Waals surface area contributed by atoms with Gasteiger partial charge in [0.05, 0.1) is 23.3 Å². The topological polar surface area (TPSA) is 25.2 Å². The van der Waals surface area contributed by atoms with Gasteiger partial charge in [-0.3, -0.25) is 9.98 Å². The van der Waals surface area contributed by atoms with Crippen LogP contribution in [-0.4, -0.2) is 17.7 Å². The first kappa shape index (κ1) is 26.2. The summed E-state index contributed by atoms with van der Waals surface area (Å²) in [5, 5.41) is 0. The van der Waals surface area contributed by atoms with E-state index >= 15 is 0 Å². The Bertz CT molecular complexity index is 983. The van der Waals surface area contributed by atoms with Crippen LogP contribution in [0.2, 0.25) is 0 Å². The van der Waals surface area contributed by atoms with Gasteiger partial charge in [-0.05, 0) is 64.9 Å². The minimum Gasteiger partial charge on any atom is -0.261 e. The number of aliphatic imine (C=N–C) groups is 1. The van der Waals surface area contributed by atoms with Crippen molar-refractivity contribution in [2.75, 3.05) is 7.05 Å². The van der Waals surface area contributed by atoms with Crippen LogP contribution in [0, 0.1) is 5.41 Å². The Balaban J connectivity index is 2.15. The van der Waals surface area contributed by atoms with Gasteiger partial charge >= 0.3 is 0 Å². The Morgan fingerprint density at radius 2 is 1.85 bits per heavy atom. The maximum absolute atomic E-state index is 5.23. The molecule has 0 amide bonds. The lowest BCUT2D eigenvalue weighted by Gasteiger charge is -2.32. The predicted molar refractivity (Wildman–Crippen MR) is 148 cm³/mol. The second-order valence-corrected chi connectivity index (χ2v) is 12.7. The van der Waals surface area contributed by atoms with Crippen molar-refractivity contribution in [2.45, 2.75) is 112 Å². The Hall–Kier alpha value is -1.39. The third-order valence-corrected chi connectivity index (χ3v) is 9.63. The van der Waals surface area contributed by atoms with E-state index in [1.165, 1.54) is 57.4 Å². The van der Waals surface area contributed by atoms with Gasteiger partial charge in [0.2, 0.25) is 0 Å². The summed E-state index contributed by atoms with van der Waals surface area (Å²) in [7, 11) is 2.33. The summed E-state index contributed by atoms with van der Waals surface area (Å²) in [6, 6.07) is 0. The van der Waals surface area contributed by atoms with Crippen molar-refractivity contribution in [3.05, 3.63) is 45.9 Å². The molecule has 1 unspecified atom stereocenters. The Morgan fingerprint density at radius 1 is 1.15 bits per heavy atom. The first-order valence-electron chi connectivity index (χ1n) is 13.0. The molecule has 2 aliphatic carbocycles. The van der Waals surface area contributed by atoms with Gasteiger partial charge in [0, 0.05) is 33.4 Å². The lowest BCUT2D eigenvalue weighted by atomic mass is 9.85. The van der Waals surface area contributed by atoms with E-state index in [-0.39, 0.29) is 10.8 Å². The Kier molecular flexibility index (Phi) is 7.70. The maximum Gasteiger partial charge on any atom is 0.159 e. The standard InChI is InChI=1S/C29H46N3S/c1-11-23(30-20(5)28(6,7)13-3)25(12-2)33-32(10,14-4)26-21-16-15-17-24(21)31-27-22(26)18-19-29(27,8)9/h14H,4,11-13,15-19H2,1-3,5-10H3/q+1/b25-23+,30-20?. The van der Waals surface area contributed by atoms with Crippen LogP contribution in [0.25, 0.3) is 0 Å². The van der Waals surface area contributed by atoms with E-state index in [1.54, 1.807) is 0 Å². The number of aryl methyl sites for hydroxylation is 1. The van der Waals surface area contributed by atoms with Crippen molar-refractivity contribution in [1.29, 1.82) is 0 Å². The van der Waals surface area contributed by atoms with Gasteiger partial charge in [0.1, 0.15) is 18.1 Å². The molecule has 1 aromatic heterocycles. The van der Waals surface area contributed by atoms with Crippen molar-refractivity contribution >= 4 is 23.3 Å². The summed E-state index contributed by atoms with van der Waals surface area (Å²) in [6.45, 7) is 22.6. The molecule has 2 aliphatic rings. The molecule has 0 N–H and O–H groups in total. The van der Waals surface area contributed by atoms with Crippen molar-refractivity contribution in [2.24, 2.45) is 10.4 Å². The van der Waals surface area contributed by atoms with E-state index in [9.17, 15) is 0 Å². The molecular formula is C29H46N3S+. The minimum absolute atomic E-state index is 0.124. The monoisotopic (exact) mass is 468 g/mol. The fraction of sp³-hybridized carbons (Fsp3) is 0.655. The van der Waals surface area contributed by atoms with Crippen molar-refractivity contribution < 1.29 is 0 Å². The largest absolute Gasteiger partial charge is 0.261 e. The van der Waals surface area contributed by atoms with Crippen molar-refractivity contribution in [3.63, 3.8) is 0 Å². The summed E-state index contributed by atoms with van der Waals surface area (Å²) in [5.41, 5.74) is 9.85. The first-order chi connectivity index (χ1) is 15.4. The highest BCUT2D eigenvalue weighted by Crippen LogP contribution is 2.51. The summed E-state index contributed by atoms with van der Waals surface area (Å²) >= 11 is 1.93. The van der Waals surface area contributed by atoms with Gasteiger partial charge in [-0.25, -0.2) is 3.89 Å².